The smallest absolute Gasteiger partial charge is 0.0274 e. The molecule has 2 nitrogen and oxygen atoms in total. The molecule has 0 amide bonds. The average molecular weight is 281 g/mol. The molecule has 0 aromatic heterocycles. The van der Waals surface area contributed by atoms with Gasteiger partial charge in [-0.15, -0.1) is 0 Å². The van der Waals surface area contributed by atoms with Crippen LogP contribution in [-0.4, -0.2) is 37.1 Å². The van der Waals surface area contributed by atoms with Gasteiger partial charge in [0.2, 0.25) is 0 Å². The lowest BCUT2D eigenvalue weighted by Crippen LogP contribution is -2.58. The molecule has 2 aliphatic rings. The van der Waals surface area contributed by atoms with Crippen molar-refractivity contribution in [2.45, 2.75) is 78.3 Å². The number of nitrogens with one attached hydrogen (secondary N) is 1. The van der Waals surface area contributed by atoms with Crippen LogP contribution in [0.1, 0.15) is 66.2 Å². The molecule has 118 valence electrons. The van der Waals surface area contributed by atoms with Crippen LogP contribution in [-0.2, 0) is 0 Å². The third-order valence-electron chi connectivity index (χ3n) is 6.58. The summed E-state index contributed by atoms with van der Waals surface area (Å²) in [6.45, 7) is 12.3. The molecular formula is C18H36N2. The summed E-state index contributed by atoms with van der Waals surface area (Å²) >= 11 is 0. The molecule has 0 aromatic carbocycles. The van der Waals surface area contributed by atoms with Crippen LogP contribution in [0.3, 0.4) is 0 Å². The van der Waals surface area contributed by atoms with E-state index in [1.165, 1.54) is 51.6 Å². The first-order valence-corrected chi connectivity index (χ1v) is 8.96. The Hall–Kier alpha value is -0.0800. The zero-order valence-corrected chi connectivity index (χ0v) is 14.4. The van der Waals surface area contributed by atoms with Crippen molar-refractivity contribution in [3.05, 3.63) is 0 Å². The summed E-state index contributed by atoms with van der Waals surface area (Å²) < 4.78 is 0. The molecule has 0 aromatic rings. The van der Waals surface area contributed by atoms with E-state index in [4.69, 9.17) is 0 Å². The van der Waals surface area contributed by atoms with Crippen LogP contribution in [0, 0.1) is 17.3 Å². The van der Waals surface area contributed by atoms with E-state index < -0.39 is 0 Å². The van der Waals surface area contributed by atoms with Crippen LogP contribution < -0.4 is 5.32 Å². The van der Waals surface area contributed by atoms with Gasteiger partial charge in [-0.3, -0.25) is 4.90 Å². The van der Waals surface area contributed by atoms with E-state index in [0.717, 1.165) is 17.9 Å². The molecule has 2 rings (SSSR count). The van der Waals surface area contributed by atoms with Gasteiger partial charge in [-0.1, -0.05) is 40.5 Å². The van der Waals surface area contributed by atoms with E-state index in [9.17, 15) is 0 Å². The van der Waals surface area contributed by atoms with Crippen molar-refractivity contribution < 1.29 is 0 Å². The van der Waals surface area contributed by atoms with Gasteiger partial charge >= 0.3 is 0 Å². The third-order valence-corrected chi connectivity index (χ3v) is 6.58. The summed E-state index contributed by atoms with van der Waals surface area (Å²) in [4.78, 5) is 2.82. The number of piperidine rings is 1. The second-order valence-corrected chi connectivity index (χ2v) is 7.68. The Morgan fingerprint density at radius 2 is 1.65 bits per heavy atom. The van der Waals surface area contributed by atoms with Crippen LogP contribution in [0.25, 0.3) is 0 Å². The first-order valence-electron chi connectivity index (χ1n) is 8.96. The second kappa shape index (κ2) is 6.79. The number of hydrogen-bond acceptors (Lipinski definition) is 2. The van der Waals surface area contributed by atoms with E-state index in [1.807, 2.05) is 0 Å². The Morgan fingerprint density at radius 1 is 1.05 bits per heavy atom. The Bertz CT molecular complexity index is 288. The van der Waals surface area contributed by atoms with Crippen LogP contribution >= 0.6 is 0 Å². The molecule has 2 fully saturated rings. The molecule has 4 unspecified atom stereocenters. The van der Waals surface area contributed by atoms with Gasteiger partial charge in [-0.05, 0) is 63.1 Å². The Balaban J connectivity index is 2.01. The maximum absolute atomic E-state index is 3.62. The molecule has 1 saturated carbocycles. The van der Waals surface area contributed by atoms with Gasteiger partial charge in [0.1, 0.15) is 0 Å². The fraction of sp³-hybridized carbons (Fsp3) is 1.00. The van der Waals surface area contributed by atoms with Gasteiger partial charge in [0.15, 0.2) is 0 Å². The second-order valence-electron chi connectivity index (χ2n) is 7.68. The summed E-state index contributed by atoms with van der Waals surface area (Å²) in [6, 6.07) is 1.47. The van der Waals surface area contributed by atoms with E-state index in [-0.39, 0.29) is 0 Å². The van der Waals surface area contributed by atoms with Gasteiger partial charge in [-0.2, -0.15) is 0 Å². The van der Waals surface area contributed by atoms with Crippen molar-refractivity contribution in [2.75, 3.05) is 20.1 Å². The number of hydrogen-bond donors (Lipinski definition) is 1. The monoisotopic (exact) mass is 280 g/mol. The predicted octanol–water partition coefficient (Wildman–Crippen LogP) is 3.91. The highest BCUT2D eigenvalue weighted by Crippen LogP contribution is 2.41. The van der Waals surface area contributed by atoms with Crippen LogP contribution in [0.5, 0.6) is 0 Å². The van der Waals surface area contributed by atoms with E-state index >= 15 is 0 Å². The minimum Gasteiger partial charge on any atom is -0.315 e. The quantitative estimate of drug-likeness (QED) is 0.840. The van der Waals surface area contributed by atoms with Gasteiger partial charge in [-0.25, -0.2) is 0 Å². The number of nitrogens with zero attached hydrogens (tertiary/aromatic N) is 1. The first kappa shape index (κ1) is 16.3. The third kappa shape index (κ3) is 3.22. The lowest BCUT2D eigenvalue weighted by molar-refractivity contribution is 0.00993. The summed E-state index contributed by atoms with van der Waals surface area (Å²) in [5, 5.41) is 3.62. The van der Waals surface area contributed by atoms with Crippen molar-refractivity contribution in [2.24, 2.45) is 17.3 Å². The highest BCUT2D eigenvalue weighted by atomic mass is 15.2. The average Bonchev–Trinajstić information content (AvgIpc) is 2.47. The van der Waals surface area contributed by atoms with E-state index in [0.29, 0.717) is 11.5 Å². The fourth-order valence-corrected chi connectivity index (χ4v) is 5.00. The van der Waals surface area contributed by atoms with Crippen LogP contribution in [0.2, 0.25) is 0 Å². The molecule has 20 heavy (non-hydrogen) atoms. The highest BCUT2D eigenvalue weighted by molar-refractivity contribution is 4.96. The zero-order valence-electron chi connectivity index (χ0n) is 14.4. The molecule has 1 N–H and O–H groups in total. The molecule has 4 atom stereocenters. The molecule has 1 aliphatic carbocycles. The molecular weight excluding hydrogens is 244 g/mol. The molecule has 2 heteroatoms. The molecule has 1 heterocycles. The summed E-state index contributed by atoms with van der Waals surface area (Å²) in [5.74, 6) is 1.72. The SMILES string of the molecule is CCC1(CC)CCN(C2C(C)CC(C)CC2NC)CC1. The van der Waals surface area contributed by atoms with Crippen LogP contribution in [0.15, 0.2) is 0 Å². The minimum absolute atomic E-state index is 0.650. The van der Waals surface area contributed by atoms with Crippen molar-refractivity contribution in [3.63, 3.8) is 0 Å². The van der Waals surface area contributed by atoms with Gasteiger partial charge in [0, 0.05) is 12.1 Å². The number of likely N-dealkylation sites (N-methyl/N-ethyl adjacent to an activating group) is 1. The topological polar surface area (TPSA) is 15.3 Å². The van der Waals surface area contributed by atoms with Crippen molar-refractivity contribution in [3.8, 4) is 0 Å². The summed E-state index contributed by atoms with van der Waals surface area (Å²) in [5.41, 5.74) is 0.650. The predicted molar refractivity (Wildman–Crippen MR) is 88.0 cm³/mol. The maximum atomic E-state index is 3.62. The Morgan fingerprint density at radius 3 is 2.15 bits per heavy atom. The molecule has 1 aliphatic heterocycles. The maximum Gasteiger partial charge on any atom is 0.0274 e. The van der Waals surface area contributed by atoms with Gasteiger partial charge in [0.25, 0.3) is 0 Å². The van der Waals surface area contributed by atoms with Crippen LogP contribution in [0.4, 0.5) is 0 Å². The lowest BCUT2D eigenvalue weighted by atomic mass is 9.71. The van der Waals surface area contributed by atoms with E-state index in [2.05, 4.69) is 45.0 Å². The zero-order chi connectivity index (χ0) is 14.8. The van der Waals surface area contributed by atoms with Gasteiger partial charge < -0.3 is 5.32 Å². The standard InChI is InChI=1S/C18H36N2/c1-6-18(7-2)8-10-20(11-9-18)17-15(4)12-14(3)13-16(17)19-5/h14-17,19H,6-13H2,1-5H3. The fourth-order valence-electron chi connectivity index (χ4n) is 5.00. The first-order chi connectivity index (χ1) is 9.55. The number of likely N-dealkylation sites (tertiary alicyclic amines) is 1. The molecule has 0 spiro atoms. The van der Waals surface area contributed by atoms with Crippen molar-refractivity contribution >= 4 is 0 Å². The van der Waals surface area contributed by atoms with Gasteiger partial charge in [0.05, 0.1) is 0 Å². The minimum atomic E-state index is 0.650. The Kier molecular flexibility index (Phi) is 5.53. The molecule has 0 radical (unpaired) electrons. The molecule has 1 saturated heterocycles. The van der Waals surface area contributed by atoms with E-state index in [1.54, 1.807) is 0 Å². The van der Waals surface area contributed by atoms with Crippen molar-refractivity contribution in [1.82, 2.24) is 10.2 Å². The summed E-state index contributed by atoms with van der Waals surface area (Å²) in [6.07, 6.45) is 8.32. The van der Waals surface area contributed by atoms with Crippen molar-refractivity contribution in [1.29, 1.82) is 0 Å². The largest absolute Gasteiger partial charge is 0.315 e. The molecule has 0 bridgehead atoms. The number of rotatable bonds is 4. The summed E-state index contributed by atoms with van der Waals surface area (Å²) in [7, 11) is 2.16. The highest BCUT2D eigenvalue weighted by Gasteiger charge is 2.40. The normalized spacial score (nSPS) is 38.9. The lowest BCUT2D eigenvalue weighted by Gasteiger charge is -2.50. The Labute approximate surface area is 126 Å².